The minimum Gasteiger partial charge on any atom is -0.457 e. The third kappa shape index (κ3) is 3.00. The Morgan fingerprint density at radius 2 is 1.32 bits per heavy atom. The highest BCUT2D eigenvalue weighted by Crippen LogP contribution is 2.63. The molecule has 10 rings (SSSR count). The second-order valence-corrected chi connectivity index (χ2v) is 12.8. The van der Waals surface area contributed by atoms with Gasteiger partial charge >= 0.3 is 0 Å². The van der Waals surface area contributed by atoms with E-state index in [0.29, 0.717) is 0 Å². The van der Waals surface area contributed by atoms with Gasteiger partial charge in [-0.1, -0.05) is 103 Å². The van der Waals surface area contributed by atoms with Crippen LogP contribution < -0.4 is 4.74 Å². The molecule has 6 aromatic carbocycles. The van der Waals surface area contributed by atoms with E-state index >= 15 is 0 Å². The van der Waals surface area contributed by atoms with E-state index in [1.165, 1.54) is 43.1 Å². The lowest BCUT2D eigenvalue weighted by Crippen LogP contribution is -2.32. The van der Waals surface area contributed by atoms with Crippen LogP contribution in [0, 0.1) is 6.92 Å². The Morgan fingerprint density at radius 3 is 2.14 bits per heavy atom. The molecule has 1 aliphatic carbocycles. The van der Waals surface area contributed by atoms with Gasteiger partial charge in [-0.2, -0.15) is 0 Å². The van der Waals surface area contributed by atoms with Crippen molar-refractivity contribution in [3.63, 3.8) is 0 Å². The van der Waals surface area contributed by atoms with Gasteiger partial charge in [0, 0.05) is 26.8 Å². The summed E-state index contributed by atoms with van der Waals surface area (Å²) in [5.41, 5.74) is 10.00. The maximum Gasteiger partial charge on any atom is 0.132 e. The van der Waals surface area contributed by atoms with Gasteiger partial charge in [0.2, 0.25) is 0 Å². The molecule has 4 heteroatoms. The Labute approximate surface area is 258 Å². The molecular formula is C40H24N2OS. The molecule has 0 radical (unpaired) electrons. The monoisotopic (exact) mass is 580 g/mol. The molecule has 0 fully saturated rings. The molecule has 44 heavy (non-hydrogen) atoms. The second kappa shape index (κ2) is 8.62. The number of para-hydroxylation sites is 2. The van der Waals surface area contributed by atoms with Crippen molar-refractivity contribution < 1.29 is 4.74 Å². The Kier molecular flexibility index (Phi) is 4.73. The zero-order chi connectivity index (χ0) is 29.0. The highest BCUT2D eigenvalue weighted by Gasteiger charge is 2.51. The van der Waals surface area contributed by atoms with Crippen molar-refractivity contribution in [2.24, 2.45) is 0 Å². The zero-order valence-electron chi connectivity index (χ0n) is 23.8. The quantitative estimate of drug-likeness (QED) is 0.194. The fourth-order valence-electron chi connectivity index (χ4n) is 7.71. The van der Waals surface area contributed by atoms with Crippen molar-refractivity contribution in [1.82, 2.24) is 9.97 Å². The minimum absolute atomic E-state index is 0.544. The van der Waals surface area contributed by atoms with Gasteiger partial charge in [0.1, 0.15) is 17.3 Å². The molecule has 0 bridgehead atoms. The maximum atomic E-state index is 6.58. The molecule has 1 aliphatic heterocycles. The summed E-state index contributed by atoms with van der Waals surface area (Å²) in [5, 5.41) is 3.69. The largest absolute Gasteiger partial charge is 0.457 e. The Balaban J connectivity index is 1.36. The van der Waals surface area contributed by atoms with Gasteiger partial charge in [-0.05, 0) is 64.2 Å². The van der Waals surface area contributed by atoms with Gasteiger partial charge in [-0.3, -0.25) is 0 Å². The van der Waals surface area contributed by atoms with Gasteiger partial charge in [-0.15, -0.1) is 11.3 Å². The van der Waals surface area contributed by atoms with E-state index in [1.54, 1.807) is 11.3 Å². The molecule has 2 aromatic heterocycles. The fraction of sp³-hybridized carbons (Fsp3) is 0.0500. The minimum atomic E-state index is -0.544. The SMILES string of the molecule is Cc1nc(-c2ccc3c(c2)C2(c4ccccc4Oc4ccccc42)c2ccc4ccccc4c2-3)c2sc3ccccc3c2n1. The Bertz CT molecular complexity index is 2460. The molecule has 3 heterocycles. The first kappa shape index (κ1) is 24.2. The summed E-state index contributed by atoms with van der Waals surface area (Å²) in [6.07, 6.45) is 0. The third-order valence-electron chi connectivity index (χ3n) is 9.43. The van der Waals surface area contributed by atoms with Gasteiger partial charge in [-0.25, -0.2) is 9.97 Å². The van der Waals surface area contributed by atoms with E-state index in [1.807, 2.05) is 6.92 Å². The molecule has 0 saturated heterocycles. The van der Waals surface area contributed by atoms with Gasteiger partial charge in [0.05, 0.1) is 21.3 Å². The van der Waals surface area contributed by atoms with Gasteiger partial charge < -0.3 is 4.74 Å². The molecule has 0 N–H and O–H groups in total. The number of nitrogens with zero attached hydrogens (tertiary/aromatic N) is 2. The number of fused-ring (bicyclic) bond motifs is 14. The normalized spacial score (nSPS) is 13.9. The second-order valence-electron chi connectivity index (χ2n) is 11.7. The van der Waals surface area contributed by atoms with Crippen molar-refractivity contribution in [2.75, 3.05) is 0 Å². The first-order valence-electron chi connectivity index (χ1n) is 14.9. The van der Waals surface area contributed by atoms with Crippen LogP contribution in [-0.4, -0.2) is 9.97 Å². The van der Waals surface area contributed by atoms with Crippen LogP contribution in [0.3, 0.4) is 0 Å². The molecule has 1 spiro atoms. The molecule has 8 aromatic rings. The van der Waals surface area contributed by atoms with Crippen molar-refractivity contribution in [3.05, 3.63) is 155 Å². The number of benzene rings is 6. The third-order valence-corrected chi connectivity index (χ3v) is 10.6. The lowest BCUT2D eigenvalue weighted by Gasteiger charge is -2.39. The predicted octanol–water partition coefficient (Wildman–Crippen LogP) is 10.4. The van der Waals surface area contributed by atoms with Crippen LogP contribution in [-0.2, 0) is 5.41 Å². The number of rotatable bonds is 1. The van der Waals surface area contributed by atoms with E-state index in [2.05, 4.69) is 127 Å². The summed E-state index contributed by atoms with van der Waals surface area (Å²) in [4.78, 5) is 10.0. The van der Waals surface area contributed by atoms with Crippen molar-refractivity contribution in [1.29, 1.82) is 0 Å². The molecular weight excluding hydrogens is 557 g/mol. The lowest BCUT2D eigenvalue weighted by molar-refractivity contribution is 0.436. The van der Waals surface area contributed by atoms with Crippen LogP contribution in [0.2, 0.25) is 0 Å². The molecule has 206 valence electrons. The van der Waals surface area contributed by atoms with E-state index in [0.717, 1.165) is 49.9 Å². The Morgan fingerprint density at radius 1 is 0.614 bits per heavy atom. The molecule has 2 aliphatic rings. The van der Waals surface area contributed by atoms with E-state index in [9.17, 15) is 0 Å². The van der Waals surface area contributed by atoms with Crippen LogP contribution in [0.1, 0.15) is 28.1 Å². The molecule has 3 nitrogen and oxygen atoms in total. The predicted molar refractivity (Wildman–Crippen MR) is 180 cm³/mol. The molecule has 0 unspecified atom stereocenters. The van der Waals surface area contributed by atoms with Crippen molar-refractivity contribution in [3.8, 4) is 33.9 Å². The van der Waals surface area contributed by atoms with Crippen LogP contribution in [0.4, 0.5) is 0 Å². The smallest absolute Gasteiger partial charge is 0.132 e. The standard InChI is InChI=1S/C40H24N2OS/c1-23-41-37(39-38(42-23)28-12-4-9-17-35(28)44-39)25-18-20-27-32(22-25)40(31-21-19-24-10-2-3-11-26(24)36(27)31)29-13-5-7-15-33(29)43-34-16-8-6-14-30(34)40/h2-22H,1H3. The summed E-state index contributed by atoms with van der Waals surface area (Å²) in [7, 11) is 0. The fourth-order valence-corrected chi connectivity index (χ4v) is 8.87. The van der Waals surface area contributed by atoms with E-state index in [-0.39, 0.29) is 0 Å². The number of hydrogen-bond donors (Lipinski definition) is 0. The lowest BCUT2D eigenvalue weighted by atomic mass is 9.66. The topological polar surface area (TPSA) is 35.0 Å². The maximum absolute atomic E-state index is 6.58. The zero-order valence-corrected chi connectivity index (χ0v) is 24.7. The number of hydrogen-bond acceptors (Lipinski definition) is 4. The average molecular weight is 581 g/mol. The summed E-state index contributed by atoms with van der Waals surface area (Å²) in [6.45, 7) is 2.00. The van der Waals surface area contributed by atoms with Crippen LogP contribution in [0.25, 0.3) is 53.5 Å². The molecule has 0 amide bonds. The molecule has 0 atom stereocenters. The summed E-state index contributed by atoms with van der Waals surface area (Å²) < 4.78 is 8.94. The first-order valence-corrected chi connectivity index (χ1v) is 15.7. The molecule has 0 saturated carbocycles. The highest BCUT2D eigenvalue weighted by molar-refractivity contribution is 7.26. The van der Waals surface area contributed by atoms with Crippen LogP contribution in [0.5, 0.6) is 11.5 Å². The number of thiophene rings is 1. The van der Waals surface area contributed by atoms with E-state index < -0.39 is 5.41 Å². The highest BCUT2D eigenvalue weighted by atomic mass is 32.1. The number of aryl methyl sites for hydroxylation is 1. The van der Waals surface area contributed by atoms with Gasteiger partial charge in [0.15, 0.2) is 0 Å². The summed E-state index contributed by atoms with van der Waals surface area (Å²) in [6, 6.07) is 45.9. The van der Waals surface area contributed by atoms with E-state index in [4.69, 9.17) is 14.7 Å². The van der Waals surface area contributed by atoms with Crippen LogP contribution in [0.15, 0.2) is 127 Å². The number of aromatic nitrogens is 2. The van der Waals surface area contributed by atoms with Crippen molar-refractivity contribution >= 4 is 42.4 Å². The summed E-state index contributed by atoms with van der Waals surface area (Å²) >= 11 is 1.77. The van der Waals surface area contributed by atoms with Crippen molar-refractivity contribution in [2.45, 2.75) is 12.3 Å². The summed E-state index contributed by atoms with van der Waals surface area (Å²) in [5.74, 6) is 2.57. The Hall–Kier alpha value is -5.32. The van der Waals surface area contributed by atoms with Gasteiger partial charge in [0.25, 0.3) is 0 Å². The number of ether oxygens (including phenoxy) is 1. The average Bonchev–Trinajstić information content (AvgIpc) is 3.58. The first-order chi connectivity index (χ1) is 21.7. The van der Waals surface area contributed by atoms with Crippen LogP contribution >= 0.6 is 11.3 Å².